The lowest BCUT2D eigenvalue weighted by molar-refractivity contribution is -0.121. The van der Waals surface area contributed by atoms with Crippen molar-refractivity contribution in [1.82, 2.24) is 15.3 Å². The number of nitrogens with zero attached hydrogens (tertiary/aromatic N) is 3. The van der Waals surface area contributed by atoms with Crippen molar-refractivity contribution in [2.45, 2.75) is 31.8 Å². The maximum atomic E-state index is 12.5. The third kappa shape index (κ3) is 4.43. The number of benzene rings is 2. The molecule has 1 N–H and O–H groups in total. The van der Waals surface area contributed by atoms with Crippen LogP contribution in [0.25, 0.3) is 22.5 Å². The maximum Gasteiger partial charge on any atom is 0.222 e. The summed E-state index contributed by atoms with van der Waals surface area (Å²) in [5, 5.41) is 4.02. The van der Waals surface area contributed by atoms with Gasteiger partial charge in [-0.1, -0.05) is 42.5 Å². The van der Waals surface area contributed by atoms with Gasteiger partial charge in [0.1, 0.15) is 5.82 Å². The average molecular weight is 412 g/mol. The molecule has 1 aliphatic carbocycles. The Kier molecular flexibility index (Phi) is 5.35. The lowest BCUT2D eigenvalue weighted by Gasteiger charge is -2.25. The zero-order chi connectivity index (χ0) is 21.0. The van der Waals surface area contributed by atoms with Crippen molar-refractivity contribution in [3.8, 4) is 11.6 Å². The number of hydrogen-bond acceptors (Lipinski definition) is 5. The normalized spacial score (nSPS) is 13.3. The Morgan fingerprint density at radius 2 is 1.81 bits per heavy atom. The van der Waals surface area contributed by atoms with Crippen LogP contribution in [0.4, 0.5) is 5.82 Å². The van der Waals surface area contributed by atoms with E-state index in [1.54, 1.807) is 6.26 Å². The Bertz CT molecular complexity index is 1170. The molecule has 0 aliphatic heterocycles. The summed E-state index contributed by atoms with van der Waals surface area (Å²) in [7, 11) is 0. The summed E-state index contributed by atoms with van der Waals surface area (Å²) in [6.45, 7) is 1.16. The molecule has 0 bridgehead atoms. The predicted molar refractivity (Wildman–Crippen MR) is 121 cm³/mol. The number of hydrogen-bond donors (Lipinski definition) is 1. The minimum Gasteiger partial charge on any atom is -0.461 e. The Balaban J connectivity index is 1.37. The van der Waals surface area contributed by atoms with Crippen LogP contribution in [0.15, 0.2) is 77.4 Å². The molecule has 4 aromatic rings. The highest BCUT2D eigenvalue weighted by molar-refractivity contribution is 5.91. The van der Waals surface area contributed by atoms with Gasteiger partial charge in [-0.05, 0) is 42.7 Å². The van der Waals surface area contributed by atoms with Gasteiger partial charge in [0.05, 0.1) is 11.8 Å². The zero-order valence-electron chi connectivity index (χ0n) is 17.2. The van der Waals surface area contributed by atoms with E-state index in [0.29, 0.717) is 37.1 Å². The summed E-state index contributed by atoms with van der Waals surface area (Å²) in [5.74, 6) is 2.12. The fourth-order valence-corrected chi connectivity index (χ4v) is 3.75. The van der Waals surface area contributed by atoms with Crippen LogP contribution in [0.3, 0.4) is 0 Å². The van der Waals surface area contributed by atoms with E-state index in [1.165, 1.54) is 0 Å². The molecular weight excluding hydrogens is 388 g/mol. The van der Waals surface area contributed by atoms with E-state index in [2.05, 4.69) is 15.2 Å². The van der Waals surface area contributed by atoms with Gasteiger partial charge in [0.25, 0.3) is 0 Å². The van der Waals surface area contributed by atoms with E-state index in [1.807, 2.05) is 66.7 Å². The molecule has 2 heterocycles. The smallest absolute Gasteiger partial charge is 0.222 e. The number of carbonyl (C=O) groups is 1. The number of nitrogens with one attached hydrogen (secondary N) is 1. The van der Waals surface area contributed by atoms with Gasteiger partial charge in [-0.15, -0.1) is 0 Å². The lowest BCUT2D eigenvalue weighted by Crippen LogP contribution is -2.33. The molecule has 1 amide bonds. The maximum absolute atomic E-state index is 12.5. The molecule has 6 nitrogen and oxygen atoms in total. The second kappa shape index (κ2) is 8.60. The number of carbonyl (C=O) groups excluding carboxylic acids is 1. The molecule has 0 unspecified atom stereocenters. The highest BCUT2D eigenvalue weighted by Crippen LogP contribution is 2.35. The highest BCUT2D eigenvalue weighted by Gasteiger charge is 2.32. The van der Waals surface area contributed by atoms with Gasteiger partial charge in [-0.25, -0.2) is 9.97 Å². The van der Waals surface area contributed by atoms with Gasteiger partial charge in [0, 0.05) is 30.9 Å². The Morgan fingerprint density at radius 1 is 1.00 bits per heavy atom. The Labute approximate surface area is 180 Å². The number of anilines is 1. The molecule has 6 heteroatoms. The fraction of sp³-hybridized carbons (Fsp3) is 0.240. The quantitative estimate of drug-likeness (QED) is 0.459. The minimum absolute atomic E-state index is 0.0409. The van der Waals surface area contributed by atoms with Crippen molar-refractivity contribution in [2.24, 2.45) is 0 Å². The molecule has 31 heavy (non-hydrogen) atoms. The van der Waals surface area contributed by atoms with Crippen LogP contribution in [-0.2, 0) is 11.3 Å². The highest BCUT2D eigenvalue weighted by atomic mass is 16.3. The molecule has 0 atom stereocenters. The van der Waals surface area contributed by atoms with Gasteiger partial charge in [-0.2, -0.15) is 0 Å². The summed E-state index contributed by atoms with van der Waals surface area (Å²) in [5.41, 5.74) is 1.97. The van der Waals surface area contributed by atoms with Crippen molar-refractivity contribution >= 4 is 22.6 Å². The Hall–Kier alpha value is -3.67. The number of rotatable bonds is 8. The summed E-state index contributed by atoms with van der Waals surface area (Å²) < 4.78 is 5.54. The van der Waals surface area contributed by atoms with E-state index >= 15 is 0 Å². The van der Waals surface area contributed by atoms with E-state index in [9.17, 15) is 4.79 Å². The van der Waals surface area contributed by atoms with Crippen LogP contribution in [0, 0.1) is 0 Å². The van der Waals surface area contributed by atoms with Crippen molar-refractivity contribution in [3.05, 3.63) is 78.6 Å². The van der Waals surface area contributed by atoms with Crippen LogP contribution in [0.2, 0.25) is 0 Å². The number of amides is 1. The van der Waals surface area contributed by atoms with Crippen molar-refractivity contribution in [2.75, 3.05) is 11.4 Å². The van der Waals surface area contributed by atoms with Crippen molar-refractivity contribution < 1.29 is 9.21 Å². The van der Waals surface area contributed by atoms with Crippen molar-refractivity contribution in [1.29, 1.82) is 0 Å². The second-order valence-corrected chi connectivity index (χ2v) is 7.80. The third-order valence-corrected chi connectivity index (χ3v) is 5.50. The standard InChI is InChI=1S/C25H24N4O2/c30-23(26-17-18-7-2-1-3-8-18)14-15-29(19-12-13-19)25-20-9-4-5-10-21(20)27-24(28-25)22-11-6-16-31-22/h1-11,16,19H,12-15,17H2,(H,26,30). The first-order chi connectivity index (χ1) is 15.3. The number of para-hydroxylation sites is 1. The lowest BCUT2D eigenvalue weighted by atomic mass is 10.2. The van der Waals surface area contributed by atoms with Crippen LogP contribution in [0.1, 0.15) is 24.8 Å². The largest absolute Gasteiger partial charge is 0.461 e. The van der Waals surface area contributed by atoms with Gasteiger partial charge in [0.2, 0.25) is 5.91 Å². The molecule has 0 spiro atoms. The molecule has 1 saturated carbocycles. The van der Waals surface area contributed by atoms with Crippen LogP contribution >= 0.6 is 0 Å². The summed E-state index contributed by atoms with van der Waals surface area (Å²) in [6.07, 6.45) is 4.27. The fourth-order valence-electron chi connectivity index (χ4n) is 3.75. The molecule has 0 saturated heterocycles. The number of furan rings is 1. The van der Waals surface area contributed by atoms with Gasteiger partial charge < -0.3 is 14.6 Å². The molecule has 1 aliphatic rings. The van der Waals surface area contributed by atoms with Crippen LogP contribution in [-0.4, -0.2) is 28.5 Å². The van der Waals surface area contributed by atoms with E-state index < -0.39 is 0 Å². The third-order valence-electron chi connectivity index (χ3n) is 5.50. The summed E-state index contributed by atoms with van der Waals surface area (Å²) in [6, 6.07) is 22.1. The zero-order valence-corrected chi connectivity index (χ0v) is 17.2. The molecule has 156 valence electrons. The number of aromatic nitrogens is 2. The first-order valence-electron chi connectivity index (χ1n) is 10.7. The first kappa shape index (κ1) is 19.3. The second-order valence-electron chi connectivity index (χ2n) is 7.80. The minimum atomic E-state index is 0.0409. The van der Waals surface area contributed by atoms with E-state index in [4.69, 9.17) is 9.40 Å². The van der Waals surface area contributed by atoms with Crippen molar-refractivity contribution in [3.63, 3.8) is 0 Å². The van der Waals surface area contributed by atoms with Crippen LogP contribution < -0.4 is 10.2 Å². The SMILES string of the molecule is O=C(CCN(c1nc(-c2ccco2)nc2ccccc12)C1CC1)NCc1ccccc1. The molecule has 1 fully saturated rings. The summed E-state index contributed by atoms with van der Waals surface area (Å²) >= 11 is 0. The van der Waals surface area contributed by atoms with Gasteiger partial charge in [-0.3, -0.25) is 4.79 Å². The molecule has 2 aromatic heterocycles. The van der Waals surface area contributed by atoms with Crippen LogP contribution in [0.5, 0.6) is 0 Å². The molecule has 0 radical (unpaired) electrons. The monoisotopic (exact) mass is 412 g/mol. The predicted octanol–water partition coefficient (Wildman–Crippen LogP) is 4.57. The Morgan fingerprint density at radius 3 is 2.58 bits per heavy atom. The van der Waals surface area contributed by atoms with Gasteiger partial charge in [0.15, 0.2) is 11.6 Å². The molecule has 2 aromatic carbocycles. The van der Waals surface area contributed by atoms with E-state index in [-0.39, 0.29) is 5.91 Å². The summed E-state index contributed by atoms with van der Waals surface area (Å²) in [4.78, 5) is 24.3. The van der Waals surface area contributed by atoms with E-state index in [0.717, 1.165) is 35.1 Å². The topological polar surface area (TPSA) is 71.3 Å². The van der Waals surface area contributed by atoms with Gasteiger partial charge >= 0.3 is 0 Å². The number of fused-ring (bicyclic) bond motifs is 1. The molecule has 5 rings (SSSR count). The first-order valence-corrected chi connectivity index (χ1v) is 10.7. The molecular formula is C25H24N4O2. The average Bonchev–Trinajstić information content (AvgIpc) is 3.50.